The Bertz CT molecular complexity index is 672. The standard InChI is InChI=1S/C16H13ClFNO2/c17-12-4-6-13(7-5-12)21-10-15(20)19-9-8-11-2-1-3-14(18)16(11)19/h1-7H,8-10H2. The number of fused-ring (bicyclic) bond motifs is 1. The van der Waals surface area contributed by atoms with Gasteiger partial charge in [0.2, 0.25) is 0 Å². The summed E-state index contributed by atoms with van der Waals surface area (Å²) in [5.41, 5.74) is 1.23. The highest BCUT2D eigenvalue weighted by atomic mass is 35.5. The normalized spacial score (nSPS) is 13.1. The van der Waals surface area contributed by atoms with Crippen molar-refractivity contribution in [3.8, 4) is 5.75 Å². The lowest BCUT2D eigenvalue weighted by atomic mass is 10.1. The summed E-state index contributed by atoms with van der Waals surface area (Å²) in [6.07, 6.45) is 0.666. The molecular formula is C16H13ClFNO2. The highest BCUT2D eigenvalue weighted by molar-refractivity contribution is 6.30. The van der Waals surface area contributed by atoms with Crippen molar-refractivity contribution in [1.82, 2.24) is 0 Å². The van der Waals surface area contributed by atoms with Crippen LogP contribution in [0.3, 0.4) is 0 Å². The number of benzene rings is 2. The molecule has 0 saturated heterocycles. The van der Waals surface area contributed by atoms with Crippen LogP contribution in [0.5, 0.6) is 5.75 Å². The largest absolute Gasteiger partial charge is 0.484 e. The molecule has 0 aromatic heterocycles. The number of halogens is 2. The molecule has 0 aliphatic carbocycles. The van der Waals surface area contributed by atoms with Crippen LogP contribution in [0.1, 0.15) is 5.56 Å². The van der Waals surface area contributed by atoms with E-state index in [9.17, 15) is 9.18 Å². The average Bonchev–Trinajstić information content (AvgIpc) is 2.92. The number of rotatable bonds is 3. The molecule has 0 N–H and O–H groups in total. The third-order valence-corrected chi connectivity index (χ3v) is 3.67. The number of hydrogen-bond acceptors (Lipinski definition) is 2. The zero-order valence-corrected chi connectivity index (χ0v) is 11.9. The Morgan fingerprint density at radius 3 is 2.76 bits per heavy atom. The van der Waals surface area contributed by atoms with Gasteiger partial charge in [-0.05, 0) is 42.3 Å². The van der Waals surface area contributed by atoms with Gasteiger partial charge in [0, 0.05) is 11.6 Å². The van der Waals surface area contributed by atoms with Gasteiger partial charge in [-0.2, -0.15) is 0 Å². The van der Waals surface area contributed by atoms with Gasteiger partial charge in [0.1, 0.15) is 11.6 Å². The lowest BCUT2D eigenvalue weighted by molar-refractivity contribution is -0.120. The summed E-state index contributed by atoms with van der Waals surface area (Å²) in [5.74, 6) is -0.0700. The van der Waals surface area contributed by atoms with Crippen molar-refractivity contribution in [1.29, 1.82) is 0 Å². The first-order valence-corrected chi connectivity index (χ1v) is 6.99. The topological polar surface area (TPSA) is 29.5 Å². The number of amides is 1. The Kier molecular flexibility index (Phi) is 3.80. The van der Waals surface area contributed by atoms with Crippen molar-refractivity contribution in [2.24, 2.45) is 0 Å². The summed E-state index contributed by atoms with van der Waals surface area (Å²) in [7, 11) is 0. The fraction of sp³-hybridized carbons (Fsp3) is 0.188. The molecule has 0 unspecified atom stereocenters. The molecule has 2 aromatic carbocycles. The SMILES string of the molecule is O=C(COc1ccc(Cl)cc1)N1CCc2cccc(F)c21. The summed E-state index contributed by atoms with van der Waals surface area (Å²) in [4.78, 5) is 13.7. The highest BCUT2D eigenvalue weighted by Crippen LogP contribution is 2.30. The van der Waals surface area contributed by atoms with E-state index in [0.717, 1.165) is 5.56 Å². The molecule has 21 heavy (non-hydrogen) atoms. The third kappa shape index (κ3) is 2.85. The van der Waals surface area contributed by atoms with Crippen molar-refractivity contribution < 1.29 is 13.9 Å². The Morgan fingerprint density at radius 2 is 2.00 bits per heavy atom. The average molecular weight is 306 g/mol. The predicted octanol–water partition coefficient (Wildman–Crippen LogP) is 3.45. The molecule has 3 nitrogen and oxygen atoms in total. The van der Waals surface area contributed by atoms with Crippen LogP contribution in [0.25, 0.3) is 0 Å². The maximum absolute atomic E-state index is 13.9. The molecule has 0 saturated carbocycles. The molecular weight excluding hydrogens is 293 g/mol. The summed E-state index contributed by atoms with van der Waals surface area (Å²) >= 11 is 5.78. The molecule has 1 heterocycles. The van der Waals surface area contributed by atoms with E-state index in [1.54, 1.807) is 30.3 Å². The van der Waals surface area contributed by atoms with Gasteiger partial charge in [-0.15, -0.1) is 0 Å². The van der Waals surface area contributed by atoms with Gasteiger partial charge in [-0.25, -0.2) is 4.39 Å². The van der Waals surface area contributed by atoms with E-state index in [1.807, 2.05) is 6.07 Å². The van der Waals surface area contributed by atoms with E-state index in [2.05, 4.69) is 0 Å². The van der Waals surface area contributed by atoms with Crippen LogP contribution in [0, 0.1) is 5.82 Å². The van der Waals surface area contributed by atoms with Crippen molar-refractivity contribution in [3.05, 3.63) is 58.9 Å². The van der Waals surface area contributed by atoms with E-state index in [-0.39, 0.29) is 18.3 Å². The van der Waals surface area contributed by atoms with Gasteiger partial charge in [-0.1, -0.05) is 23.7 Å². The number of ether oxygens (including phenoxy) is 1. The second kappa shape index (κ2) is 5.74. The molecule has 2 aromatic rings. The van der Waals surface area contributed by atoms with Crippen LogP contribution >= 0.6 is 11.6 Å². The fourth-order valence-electron chi connectivity index (χ4n) is 2.41. The second-order valence-corrected chi connectivity index (χ2v) is 5.22. The van der Waals surface area contributed by atoms with Gasteiger partial charge in [0.15, 0.2) is 6.61 Å². The summed E-state index contributed by atoms with van der Waals surface area (Å²) in [6.45, 7) is 0.356. The molecule has 1 aliphatic rings. The maximum Gasteiger partial charge on any atom is 0.265 e. The smallest absolute Gasteiger partial charge is 0.265 e. The van der Waals surface area contributed by atoms with Crippen LogP contribution in [0.15, 0.2) is 42.5 Å². The van der Waals surface area contributed by atoms with Crippen molar-refractivity contribution >= 4 is 23.2 Å². The lowest BCUT2D eigenvalue weighted by Crippen LogP contribution is -2.33. The molecule has 1 aliphatic heterocycles. The number of carbonyl (C=O) groups is 1. The number of anilines is 1. The number of nitrogens with zero attached hydrogens (tertiary/aromatic N) is 1. The van der Waals surface area contributed by atoms with Gasteiger partial charge in [0.25, 0.3) is 5.91 Å². The van der Waals surface area contributed by atoms with E-state index >= 15 is 0 Å². The molecule has 3 rings (SSSR count). The molecule has 0 fully saturated rings. The van der Waals surface area contributed by atoms with Crippen LogP contribution in [-0.2, 0) is 11.2 Å². The number of hydrogen-bond donors (Lipinski definition) is 0. The van der Waals surface area contributed by atoms with Crippen molar-refractivity contribution in [2.75, 3.05) is 18.1 Å². The van der Waals surface area contributed by atoms with Gasteiger partial charge in [0.05, 0.1) is 5.69 Å². The van der Waals surface area contributed by atoms with Crippen molar-refractivity contribution in [3.63, 3.8) is 0 Å². The fourth-order valence-corrected chi connectivity index (χ4v) is 2.54. The van der Waals surface area contributed by atoms with Crippen molar-refractivity contribution in [2.45, 2.75) is 6.42 Å². The zero-order valence-electron chi connectivity index (χ0n) is 11.2. The Morgan fingerprint density at radius 1 is 1.24 bits per heavy atom. The molecule has 5 heteroatoms. The van der Waals surface area contributed by atoms with Gasteiger partial charge < -0.3 is 9.64 Å². The van der Waals surface area contributed by atoms with Gasteiger partial charge >= 0.3 is 0 Å². The van der Waals surface area contributed by atoms with E-state index in [0.29, 0.717) is 29.4 Å². The minimum absolute atomic E-state index is 0.130. The molecule has 1 amide bonds. The third-order valence-electron chi connectivity index (χ3n) is 3.42. The van der Waals surface area contributed by atoms with Gasteiger partial charge in [-0.3, -0.25) is 4.79 Å². The second-order valence-electron chi connectivity index (χ2n) is 4.79. The Labute approximate surface area is 126 Å². The first kappa shape index (κ1) is 13.9. The number of carbonyl (C=O) groups excluding carboxylic acids is 1. The molecule has 0 spiro atoms. The first-order chi connectivity index (χ1) is 10.1. The quantitative estimate of drug-likeness (QED) is 0.869. The molecule has 0 bridgehead atoms. The van der Waals surface area contributed by atoms with E-state index in [4.69, 9.17) is 16.3 Å². The van der Waals surface area contributed by atoms with E-state index < -0.39 is 0 Å². The molecule has 108 valence electrons. The predicted molar refractivity (Wildman–Crippen MR) is 79.4 cm³/mol. The summed E-state index contributed by atoms with van der Waals surface area (Å²) in [6, 6.07) is 11.6. The number of para-hydroxylation sites is 1. The van der Waals surface area contributed by atoms with Crippen LogP contribution in [-0.4, -0.2) is 19.1 Å². The maximum atomic E-state index is 13.9. The Hall–Kier alpha value is -2.07. The monoisotopic (exact) mass is 305 g/mol. The van der Waals surface area contributed by atoms with Crippen LogP contribution in [0.2, 0.25) is 5.02 Å². The minimum Gasteiger partial charge on any atom is -0.484 e. The lowest BCUT2D eigenvalue weighted by Gasteiger charge is -2.18. The zero-order chi connectivity index (χ0) is 14.8. The summed E-state index contributed by atoms with van der Waals surface area (Å²) < 4.78 is 19.3. The minimum atomic E-state index is -0.371. The van der Waals surface area contributed by atoms with Crippen LogP contribution < -0.4 is 9.64 Å². The molecule has 0 radical (unpaired) electrons. The molecule has 0 atom stereocenters. The highest BCUT2D eigenvalue weighted by Gasteiger charge is 2.27. The summed E-state index contributed by atoms with van der Waals surface area (Å²) in [5, 5.41) is 0.601. The van der Waals surface area contributed by atoms with Crippen LogP contribution in [0.4, 0.5) is 10.1 Å². The first-order valence-electron chi connectivity index (χ1n) is 6.61. The Balaban J connectivity index is 1.69. The van der Waals surface area contributed by atoms with E-state index in [1.165, 1.54) is 11.0 Å².